The molecule has 0 aromatic heterocycles. The molecule has 0 spiro atoms. The van der Waals surface area contributed by atoms with E-state index in [9.17, 15) is 4.79 Å². The highest BCUT2D eigenvalue weighted by molar-refractivity contribution is 7.81. The third-order valence-electron chi connectivity index (χ3n) is 2.23. The smallest absolute Gasteiger partial charge is 0.235 e. The van der Waals surface area contributed by atoms with Gasteiger partial charge in [-0.1, -0.05) is 0 Å². The van der Waals surface area contributed by atoms with Crippen LogP contribution in [0.2, 0.25) is 0 Å². The number of carbonyl (C=O) groups is 1. The van der Waals surface area contributed by atoms with Gasteiger partial charge in [0.1, 0.15) is 0 Å². The molecule has 0 bridgehead atoms. The third-order valence-corrected chi connectivity index (χ3v) is 2.45. The van der Waals surface area contributed by atoms with E-state index in [0.29, 0.717) is 0 Å². The molecule has 0 aliphatic carbocycles. The van der Waals surface area contributed by atoms with Crippen molar-refractivity contribution in [3.8, 4) is 0 Å². The maximum Gasteiger partial charge on any atom is 0.235 e. The first-order valence-electron chi connectivity index (χ1n) is 4.26. The van der Waals surface area contributed by atoms with Gasteiger partial charge < -0.3 is 10.0 Å². The Morgan fingerprint density at radius 3 is 3.00 bits per heavy atom. The minimum Gasteiger partial charge on any atom is -0.394 e. The first-order valence-corrected chi connectivity index (χ1v) is 4.78. The van der Waals surface area contributed by atoms with E-state index in [1.54, 1.807) is 11.8 Å². The topological polar surface area (TPSA) is 40.5 Å². The Morgan fingerprint density at radius 2 is 2.50 bits per heavy atom. The molecule has 1 heterocycles. The van der Waals surface area contributed by atoms with Crippen molar-refractivity contribution in [2.24, 2.45) is 0 Å². The number of thiol groups is 1. The van der Waals surface area contributed by atoms with E-state index in [2.05, 4.69) is 12.6 Å². The van der Waals surface area contributed by atoms with Crippen molar-refractivity contribution in [2.45, 2.75) is 31.1 Å². The van der Waals surface area contributed by atoms with Gasteiger partial charge in [0.05, 0.1) is 17.9 Å². The number of hydrogen-bond acceptors (Lipinski definition) is 3. The second kappa shape index (κ2) is 4.14. The van der Waals surface area contributed by atoms with Crippen LogP contribution in [0.5, 0.6) is 0 Å². The van der Waals surface area contributed by atoms with Crippen LogP contribution < -0.4 is 0 Å². The molecule has 4 heteroatoms. The zero-order chi connectivity index (χ0) is 9.14. The summed E-state index contributed by atoms with van der Waals surface area (Å²) in [7, 11) is 0. The van der Waals surface area contributed by atoms with Gasteiger partial charge in [-0.25, -0.2) is 0 Å². The van der Waals surface area contributed by atoms with Crippen LogP contribution in [0, 0.1) is 0 Å². The molecular weight excluding hydrogens is 174 g/mol. The summed E-state index contributed by atoms with van der Waals surface area (Å²) in [4.78, 5) is 13.2. The number of hydrogen-bond donors (Lipinski definition) is 2. The van der Waals surface area contributed by atoms with Crippen LogP contribution >= 0.6 is 12.6 Å². The Bertz CT molecular complexity index is 172. The quantitative estimate of drug-likeness (QED) is 0.613. The summed E-state index contributed by atoms with van der Waals surface area (Å²) >= 11 is 4.07. The van der Waals surface area contributed by atoms with E-state index in [1.807, 2.05) is 0 Å². The average molecular weight is 189 g/mol. The van der Waals surface area contributed by atoms with Crippen LogP contribution in [0.3, 0.4) is 0 Å². The van der Waals surface area contributed by atoms with Gasteiger partial charge in [-0.3, -0.25) is 4.79 Å². The van der Waals surface area contributed by atoms with Gasteiger partial charge in [-0.05, 0) is 19.8 Å². The highest BCUT2D eigenvalue weighted by Crippen LogP contribution is 2.18. The number of carbonyl (C=O) groups excluding carboxylic acids is 1. The molecule has 1 saturated heterocycles. The zero-order valence-electron chi connectivity index (χ0n) is 7.23. The van der Waals surface area contributed by atoms with Gasteiger partial charge in [0.25, 0.3) is 0 Å². The molecule has 0 saturated carbocycles. The lowest BCUT2D eigenvalue weighted by molar-refractivity contribution is -0.131. The predicted molar refractivity (Wildman–Crippen MR) is 50.3 cm³/mol. The summed E-state index contributed by atoms with van der Waals surface area (Å²) in [6, 6.07) is 0.0344. The molecule has 0 aromatic rings. The molecule has 1 aliphatic heterocycles. The summed E-state index contributed by atoms with van der Waals surface area (Å²) in [5.74, 6) is 0.0369. The summed E-state index contributed by atoms with van der Waals surface area (Å²) in [5.41, 5.74) is 0. The lowest BCUT2D eigenvalue weighted by Crippen LogP contribution is -2.41. The molecular formula is C8H15NO2S. The Labute approximate surface area is 78.2 Å². The highest BCUT2D eigenvalue weighted by atomic mass is 32.1. The Balaban J connectivity index is 2.55. The van der Waals surface area contributed by atoms with E-state index in [1.165, 1.54) is 0 Å². The number of aliphatic hydroxyl groups excluding tert-OH is 1. The maximum atomic E-state index is 11.5. The van der Waals surface area contributed by atoms with Gasteiger partial charge in [-0.15, -0.1) is 0 Å². The summed E-state index contributed by atoms with van der Waals surface area (Å²) < 4.78 is 0. The Kier molecular flexibility index (Phi) is 3.40. The maximum absolute atomic E-state index is 11.5. The predicted octanol–water partition coefficient (Wildman–Crippen LogP) is 0.288. The Morgan fingerprint density at radius 1 is 1.83 bits per heavy atom. The fraction of sp³-hybridized carbons (Fsp3) is 0.875. The van der Waals surface area contributed by atoms with Crippen molar-refractivity contribution in [3.63, 3.8) is 0 Å². The number of rotatable bonds is 2. The molecule has 3 nitrogen and oxygen atoms in total. The van der Waals surface area contributed by atoms with Crippen molar-refractivity contribution in [1.29, 1.82) is 0 Å². The van der Waals surface area contributed by atoms with Crippen LogP contribution in [0.1, 0.15) is 19.8 Å². The summed E-state index contributed by atoms with van der Waals surface area (Å²) in [6.45, 7) is 2.61. The number of aliphatic hydroxyl groups is 1. The zero-order valence-corrected chi connectivity index (χ0v) is 8.13. The fourth-order valence-corrected chi connectivity index (χ4v) is 1.70. The first kappa shape index (κ1) is 9.86. The lowest BCUT2D eigenvalue weighted by Gasteiger charge is -2.24. The second-order valence-corrected chi connectivity index (χ2v) is 3.96. The van der Waals surface area contributed by atoms with Crippen LogP contribution in [0.15, 0.2) is 0 Å². The highest BCUT2D eigenvalue weighted by Gasteiger charge is 2.29. The van der Waals surface area contributed by atoms with Crippen LogP contribution in [-0.2, 0) is 4.79 Å². The van der Waals surface area contributed by atoms with E-state index in [0.717, 1.165) is 19.4 Å². The van der Waals surface area contributed by atoms with Crippen molar-refractivity contribution in [1.82, 2.24) is 4.90 Å². The minimum atomic E-state index is -0.253. The van der Waals surface area contributed by atoms with Gasteiger partial charge >= 0.3 is 0 Å². The molecule has 1 unspecified atom stereocenters. The van der Waals surface area contributed by atoms with Crippen LogP contribution in [0.25, 0.3) is 0 Å². The minimum absolute atomic E-state index is 0.0344. The largest absolute Gasteiger partial charge is 0.394 e. The number of amides is 1. The molecule has 70 valence electrons. The van der Waals surface area contributed by atoms with E-state index in [-0.39, 0.29) is 23.8 Å². The SMILES string of the molecule is CC(S)C(=O)N1CCC[C@H]1CO. The molecule has 0 aromatic carbocycles. The fourth-order valence-electron chi connectivity index (χ4n) is 1.56. The van der Waals surface area contributed by atoms with Gasteiger partial charge in [0.15, 0.2) is 0 Å². The number of likely N-dealkylation sites (tertiary alicyclic amines) is 1. The van der Waals surface area contributed by atoms with E-state index >= 15 is 0 Å². The number of nitrogens with zero attached hydrogens (tertiary/aromatic N) is 1. The van der Waals surface area contributed by atoms with Crippen molar-refractivity contribution < 1.29 is 9.90 Å². The van der Waals surface area contributed by atoms with E-state index < -0.39 is 0 Å². The molecule has 1 N–H and O–H groups in total. The van der Waals surface area contributed by atoms with Crippen molar-refractivity contribution >= 4 is 18.5 Å². The average Bonchev–Trinajstić information content (AvgIpc) is 2.49. The van der Waals surface area contributed by atoms with Gasteiger partial charge in [0, 0.05) is 6.54 Å². The molecule has 1 aliphatic rings. The lowest BCUT2D eigenvalue weighted by atomic mass is 10.2. The van der Waals surface area contributed by atoms with Crippen molar-refractivity contribution in [3.05, 3.63) is 0 Å². The van der Waals surface area contributed by atoms with Gasteiger partial charge in [-0.2, -0.15) is 12.6 Å². The van der Waals surface area contributed by atoms with Crippen LogP contribution in [-0.4, -0.2) is 40.4 Å². The molecule has 12 heavy (non-hydrogen) atoms. The Hall–Kier alpha value is -0.220. The van der Waals surface area contributed by atoms with Crippen molar-refractivity contribution in [2.75, 3.05) is 13.2 Å². The second-order valence-electron chi connectivity index (χ2n) is 3.19. The van der Waals surface area contributed by atoms with E-state index in [4.69, 9.17) is 5.11 Å². The summed E-state index contributed by atoms with van der Waals surface area (Å²) in [5, 5.41) is 8.70. The third kappa shape index (κ3) is 1.93. The van der Waals surface area contributed by atoms with Crippen LogP contribution in [0.4, 0.5) is 0 Å². The molecule has 0 radical (unpaired) electrons. The van der Waals surface area contributed by atoms with Gasteiger partial charge in [0.2, 0.25) is 5.91 Å². The monoisotopic (exact) mass is 189 g/mol. The molecule has 1 fully saturated rings. The molecule has 1 amide bonds. The molecule has 2 atom stereocenters. The standard InChI is InChI=1S/C8H15NO2S/c1-6(12)8(11)9-4-2-3-7(9)5-10/h6-7,10,12H,2-5H2,1H3/t6?,7-/m0/s1. The normalized spacial score (nSPS) is 25.9. The summed E-state index contributed by atoms with van der Waals surface area (Å²) in [6.07, 6.45) is 1.92. The first-order chi connectivity index (χ1) is 5.66. The molecule has 1 rings (SSSR count).